The minimum Gasteiger partial charge on any atom is -0.355 e. The molecule has 104 valence electrons. The first-order valence-corrected chi connectivity index (χ1v) is 6.27. The Labute approximate surface area is 113 Å². The van der Waals surface area contributed by atoms with Crippen molar-refractivity contribution in [2.45, 2.75) is 19.4 Å². The number of nitrogens with two attached hydrogens (primary N) is 1. The first-order chi connectivity index (χ1) is 9.02. The van der Waals surface area contributed by atoms with Gasteiger partial charge in [-0.3, -0.25) is 9.59 Å². The van der Waals surface area contributed by atoms with E-state index in [1.54, 1.807) is 14.1 Å². The lowest BCUT2D eigenvalue weighted by molar-refractivity contribution is -0.128. The van der Waals surface area contributed by atoms with Crippen LogP contribution < -0.4 is 11.1 Å². The highest BCUT2D eigenvalue weighted by Gasteiger charge is 2.06. The highest BCUT2D eigenvalue weighted by Crippen LogP contribution is 2.04. The number of hydrogen-bond acceptors (Lipinski definition) is 3. The van der Waals surface area contributed by atoms with Gasteiger partial charge in [-0.1, -0.05) is 24.3 Å². The van der Waals surface area contributed by atoms with Gasteiger partial charge in [0.15, 0.2) is 0 Å². The number of carbonyl (C=O) groups excluding carboxylic acids is 2. The SMILES string of the molecule is CN(C)C(=O)CCNC(=O)Cc1ccc(CN)cc1. The van der Waals surface area contributed by atoms with Gasteiger partial charge in [0.1, 0.15) is 0 Å². The molecule has 2 amide bonds. The van der Waals surface area contributed by atoms with Crippen molar-refractivity contribution >= 4 is 11.8 Å². The normalized spacial score (nSPS) is 10.1. The molecule has 0 aliphatic carbocycles. The predicted octanol–water partition coefficient (Wildman–Crippen LogP) is 0.282. The molecule has 1 aromatic carbocycles. The minimum absolute atomic E-state index is 0.00704. The van der Waals surface area contributed by atoms with Crippen molar-refractivity contribution in [1.82, 2.24) is 10.2 Å². The molecule has 0 bridgehead atoms. The third-order valence-electron chi connectivity index (χ3n) is 2.78. The molecule has 3 N–H and O–H groups in total. The third-order valence-corrected chi connectivity index (χ3v) is 2.78. The maximum Gasteiger partial charge on any atom is 0.224 e. The Morgan fingerprint density at radius 2 is 1.74 bits per heavy atom. The van der Waals surface area contributed by atoms with E-state index < -0.39 is 0 Å². The molecule has 0 fully saturated rings. The fourth-order valence-corrected chi connectivity index (χ4v) is 1.57. The number of nitrogens with one attached hydrogen (secondary N) is 1. The summed E-state index contributed by atoms with van der Waals surface area (Å²) in [6, 6.07) is 7.62. The number of amides is 2. The van der Waals surface area contributed by atoms with Crippen molar-refractivity contribution < 1.29 is 9.59 Å². The van der Waals surface area contributed by atoms with Crippen LogP contribution in [0, 0.1) is 0 Å². The molecule has 0 atom stereocenters. The van der Waals surface area contributed by atoms with Crippen LogP contribution in [-0.2, 0) is 22.6 Å². The van der Waals surface area contributed by atoms with Gasteiger partial charge >= 0.3 is 0 Å². The van der Waals surface area contributed by atoms with Gasteiger partial charge in [0.2, 0.25) is 11.8 Å². The van der Waals surface area contributed by atoms with Gasteiger partial charge in [-0.05, 0) is 11.1 Å². The van der Waals surface area contributed by atoms with Crippen LogP contribution >= 0.6 is 0 Å². The van der Waals surface area contributed by atoms with Gasteiger partial charge in [0.25, 0.3) is 0 Å². The summed E-state index contributed by atoms with van der Waals surface area (Å²) < 4.78 is 0. The van der Waals surface area contributed by atoms with E-state index in [1.165, 1.54) is 4.90 Å². The first kappa shape index (κ1) is 15.2. The van der Waals surface area contributed by atoms with Crippen LogP contribution in [0.1, 0.15) is 17.5 Å². The van der Waals surface area contributed by atoms with E-state index in [1.807, 2.05) is 24.3 Å². The van der Waals surface area contributed by atoms with Crippen molar-refractivity contribution in [3.8, 4) is 0 Å². The van der Waals surface area contributed by atoms with Gasteiger partial charge < -0.3 is 16.0 Å². The van der Waals surface area contributed by atoms with E-state index >= 15 is 0 Å². The molecule has 0 saturated heterocycles. The van der Waals surface area contributed by atoms with Crippen LogP contribution in [0.2, 0.25) is 0 Å². The molecule has 0 aliphatic rings. The van der Waals surface area contributed by atoms with Gasteiger partial charge in [0.05, 0.1) is 6.42 Å². The van der Waals surface area contributed by atoms with Crippen molar-refractivity contribution in [3.05, 3.63) is 35.4 Å². The number of rotatable bonds is 6. The van der Waals surface area contributed by atoms with Crippen LogP contribution in [0.5, 0.6) is 0 Å². The van der Waals surface area contributed by atoms with Crippen LogP contribution in [0.3, 0.4) is 0 Å². The van der Waals surface area contributed by atoms with Gasteiger partial charge in [-0.2, -0.15) is 0 Å². The van der Waals surface area contributed by atoms with Gasteiger partial charge in [-0.15, -0.1) is 0 Å². The summed E-state index contributed by atoms with van der Waals surface area (Å²) in [5.74, 6) is -0.0698. The molecule has 5 heteroatoms. The Balaban J connectivity index is 2.32. The summed E-state index contributed by atoms with van der Waals surface area (Å²) in [6.07, 6.45) is 0.645. The molecule has 1 rings (SSSR count). The standard InChI is InChI=1S/C14H21N3O2/c1-17(2)14(19)7-8-16-13(18)9-11-3-5-12(10-15)6-4-11/h3-6H,7-10,15H2,1-2H3,(H,16,18). The number of benzene rings is 1. The molecule has 0 saturated carbocycles. The second-order valence-electron chi connectivity index (χ2n) is 4.59. The summed E-state index contributed by atoms with van der Waals surface area (Å²) >= 11 is 0. The Morgan fingerprint density at radius 3 is 2.26 bits per heavy atom. The van der Waals surface area contributed by atoms with Crippen LogP contribution in [0.4, 0.5) is 0 Å². The molecule has 0 aromatic heterocycles. The third kappa shape index (κ3) is 5.52. The molecule has 0 spiro atoms. The van der Waals surface area contributed by atoms with Gasteiger partial charge in [-0.25, -0.2) is 0 Å². The molecular formula is C14H21N3O2. The van der Waals surface area contributed by atoms with Crippen molar-refractivity contribution in [2.75, 3.05) is 20.6 Å². The number of carbonyl (C=O) groups is 2. The summed E-state index contributed by atoms with van der Waals surface area (Å²) in [5.41, 5.74) is 7.49. The Morgan fingerprint density at radius 1 is 1.16 bits per heavy atom. The van der Waals surface area contributed by atoms with E-state index in [0.717, 1.165) is 11.1 Å². The molecule has 0 radical (unpaired) electrons. The lowest BCUT2D eigenvalue weighted by atomic mass is 10.1. The zero-order valence-electron chi connectivity index (χ0n) is 11.5. The topological polar surface area (TPSA) is 75.4 Å². The first-order valence-electron chi connectivity index (χ1n) is 6.27. The highest BCUT2D eigenvalue weighted by atomic mass is 16.2. The largest absolute Gasteiger partial charge is 0.355 e. The molecule has 0 unspecified atom stereocenters. The summed E-state index contributed by atoms with van der Waals surface area (Å²) in [6.45, 7) is 0.871. The monoisotopic (exact) mass is 263 g/mol. The molecule has 19 heavy (non-hydrogen) atoms. The van der Waals surface area contributed by atoms with E-state index in [9.17, 15) is 9.59 Å². The number of hydrogen-bond donors (Lipinski definition) is 2. The van der Waals surface area contributed by atoms with E-state index in [2.05, 4.69) is 5.32 Å². The smallest absolute Gasteiger partial charge is 0.224 e. The fraction of sp³-hybridized carbons (Fsp3) is 0.429. The fourth-order valence-electron chi connectivity index (χ4n) is 1.57. The maximum atomic E-state index is 11.7. The van der Waals surface area contributed by atoms with E-state index in [0.29, 0.717) is 25.9 Å². The molecular weight excluding hydrogens is 242 g/mol. The minimum atomic E-state index is -0.0768. The summed E-state index contributed by atoms with van der Waals surface area (Å²) in [4.78, 5) is 24.5. The molecule has 5 nitrogen and oxygen atoms in total. The summed E-state index contributed by atoms with van der Waals surface area (Å²) in [5, 5.41) is 2.73. The van der Waals surface area contributed by atoms with E-state index in [4.69, 9.17) is 5.73 Å². The summed E-state index contributed by atoms with van der Waals surface area (Å²) in [7, 11) is 3.40. The van der Waals surface area contributed by atoms with Crippen molar-refractivity contribution in [2.24, 2.45) is 5.73 Å². The quantitative estimate of drug-likeness (QED) is 0.774. The van der Waals surface area contributed by atoms with Crippen LogP contribution in [0.25, 0.3) is 0 Å². The second-order valence-corrected chi connectivity index (χ2v) is 4.59. The van der Waals surface area contributed by atoms with Crippen molar-refractivity contribution in [3.63, 3.8) is 0 Å². The van der Waals surface area contributed by atoms with Crippen LogP contribution in [0.15, 0.2) is 24.3 Å². The lowest BCUT2D eigenvalue weighted by Gasteiger charge is -2.10. The zero-order chi connectivity index (χ0) is 14.3. The Kier molecular flexibility index (Phi) is 6.02. The zero-order valence-corrected chi connectivity index (χ0v) is 11.5. The average Bonchev–Trinajstić information content (AvgIpc) is 2.39. The molecule has 1 aromatic rings. The second kappa shape index (κ2) is 7.53. The Bertz CT molecular complexity index is 427. The molecule has 0 aliphatic heterocycles. The maximum absolute atomic E-state index is 11.7. The average molecular weight is 263 g/mol. The van der Waals surface area contributed by atoms with Crippen molar-refractivity contribution in [1.29, 1.82) is 0 Å². The Hall–Kier alpha value is -1.88. The van der Waals surface area contributed by atoms with Gasteiger partial charge in [0, 0.05) is 33.6 Å². The lowest BCUT2D eigenvalue weighted by Crippen LogP contribution is -2.31. The number of nitrogens with zero attached hydrogens (tertiary/aromatic N) is 1. The van der Waals surface area contributed by atoms with E-state index in [-0.39, 0.29) is 11.8 Å². The van der Waals surface area contributed by atoms with Crippen LogP contribution in [-0.4, -0.2) is 37.4 Å². The predicted molar refractivity (Wildman–Crippen MR) is 74.4 cm³/mol. The molecule has 0 heterocycles. The highest BCUT2D eigenvalue weighted by molar-refractivity contribution is 5.80.